The Morgan fingerprint density at radius 1 is 1.15 bits per heavy atom. The van der Waals surface area contributed by atoms with Gasteiger partial charge in [0, 0.05) is 24.5 Å². The number of nitrogens with one attached hydrogen (secondary N) is 1. The molecular formula is C11H15ClF3N5. The van der Waals surface area contributed by atoms with Gasteiger partial charge in [0.15, 0.2) is 0 Å². The van der Waals surface area contributed by atoms with Gasteiger partial charge in [-0.25, -0.2) is 13.2 Å². The summed E-state index contributed by atoms with van der Waals surface area (Å²) < 4.78 is 39.1. The third-order valence-corrected chi connectivity index (χ3v) is 2.46. The van der Waals surface area contributed by atoms with Gasteiger partial charge in [0.2, 0.25) is 0 Å². The Labute approximate surface area is 120 Å². The van der Waals surface area contributed by atoms with Crippen molar-refractivity contribution >= 4 is 18.1 Å². The molecular weight excluding hydrogens is 295 g/mol. The standard InChI is InChI=1S/C11H14F3N5.ClH/c12-1-2-18-7-10(5-17-18)15-3-9-4-16-19(6-9)8-11(13)14;/h4-7,11,15H,1-3,8H2;1H. The zero-order valence-electron chi connectivity index (χ0n) is 10.5. The molecule has 20 heavy (non-hydrogen) atoms. The zero-order chi connectivity index (χ0) is 13.7. The highest BCUT2D eigenvalue weighted by Crippen LogP contribution is 2.08. The van der Waals surface area contributed by atoms with Gasteiger partial charge in [-0.1, -0.05) is 0 Å². The van der Waals surface area contributed by atoms with Gasteiger partial charge >= 0.3 is 0 Å². The molecule has 2 aromatic rings. The first-order valence-electron chi connectivity index (χ1n) is 5.79. The summed E-state index contributed by atoms with van der Waals surface area (Å²) in [6, 6.07) is 0. The van der Waals surface area contributed by atoms with E-state index in [1.165, 1.54) is 15.6 Å². The number of hydrogen-bond acceptors (Lipinski definition) is 3. The van der Waals surface area contributed by atoms with Crippen LogP contribution < -0.4 is 5.32 Å². The summed E-state index contributed by atoms with van der Waals surface area (Å²) in [6.45, 7) is -0.214. The highest BCUT2D eigenvalue weighted by atomic mass is 35.5. The van der Waals surface area contributed by atoms with Gasteiger partial charge in [-0.05, 0) is 0 Å². The van der Waals surface area contributed by atoms with Crippen molar-refractivity contribution in [2.45, 2.75) is 26.1 Å². The van der Waals surface area contributed by atoms with Gasteiger partial charge < -0.3 is 5.32 Å². The van der Waals surface area contributed by atoms with Gasteiger partial charge in [0.05, 0.1) is 24.6 Å². The molecule has 0 aliphatic rings. The maximum atomic E-state index is 12.1. The van der Waals surface area contributed by atoms with Crippen molar-refractivity contribution in [2.75, 3.05) is 12.0 Å². The molecule has 0 radical (unpaired) electrons. The van der Waals surface area contributed by atoms with E-state index in [2.05, 4.69) is 15.5 Å². The van der Waals surface area contributed by atoms with Crippen molar-refractivity contribution in [1.82, 2.24) is 19.6 Å². The quantitative estimate of drug-likeness (QED) is 0.854. The molecule has 0 bridgehead atoms. The normalized spacial score (nSPS) is 10.6. The predicted molar refractivity (Wildman–Crippen MR) is 71.0 cm³/mol. The monoisotopic (exact) mass is 309 g/mol. The second-order valence-electron chi connectivity index (χ2n) is 4.00. The number of rotatable bonds is 7. The number of hydrogen-bond donors (Lipinski definition) is 1. The lowest BCUT2D eigenvalue weighted by Gasteiger charge is -2.00. The van der Waals surface area contributed by atoms with Crippen molar-refractivity contribution in [3.8, 4) is 0 Å². The fourth-order valence-corrected chi connectivity index (χ4v) is 1.61. The van der Waals surface area contributed by atoms with Crippen LogP contribution in [0.25, 0.3) is 0 Å². The molecule has 0 atom stereocenters. The molecule has 1 N–H and O–H groups in total. The molecule has 0 fully saturated rings. The topological polar surface area (TPSA) is 47.7 Å². The van der Waals surface area contributed by atoms with E-state index in [0.717, 1.165) is 11.3 Å². The van der Waals surface area contributed by atoms with E-state index in [-0.39, 0.29) is 19.0 Å². The Balaban J connectivity index is 0.00000200. The van der Waals surface area contributed by atoms with Gasteiger partial charge in [0.25, 0.3) is 6.43 Å². The molecule has 0 aliphatic carbocycles. The second kappa shape index (κ2) is 7.78. The Morgan fingerprint density at radius 2 is 1.90 bits per heavy atom. The van der Waals surface area contributed by atoms with Crippen LogP contribution in [0.15, 0.2) is 24.8 Å². The average Bonchev–Trinajstić information content (AvgIpc) is 2.96. The molecule has 0 saturated heterocycles. The average molecular weight is 310 g/mol. The number of halogens is 4. The van der Waals surface area contributed by atoms with Crippen LogP contribution in [0.1, 0.15) is 5.56 Å². The number of aromatic nitrogens is 4. The van der Waals surface area contributed by atoms with Crippen LogP contribution in [-0.2, 0) is 19.6 Å². The van der Waals surface area contributed by atoms with E-state index in [1.54, 1.807) is 18.6 Å². The Hall–Kier alpha value is -1.70. The molecule has 0 unspecified atom stereocenters. The Bertz CT molecular complexity index is 514. The molecule has 2 heterocycles. The molecule has 0 saturated carbocycles. The zero-order valence-corrected chi connectivity index (χ0v) is 11.4. The minimum absolute atomic E-state index is 0. The molecule has 0 amide bonds. The summed E-state index contributed by atoms with van der Waals surface area (Å²) in [5.74, 6) is 0. The maximum absolute atomic E-state index is 12.1. The molecule has 0 aliphatic heterocycles. The minimum Gasteiger partial charge on any atom is -0.378 e. The van der Waals surface area contributed by atoms with Crippen molar-refractivity contribution < 1.29 is 13.2 Å². The number of nitrogens with zero attached hydrogens (tertiary/aromatic N) is 4. The van der Waals surface area contributed by atoms with Crippen molar-refractivity contribution in [3.63, 3.8) is 0 Å². The van der Waals surface area contributed by atoms with Crippen molar-refractivity contribution in [2.24, 2.45) is 0 Å². The van der Waals surface area contributed by atoms with Gasteiger partial charge in [0.1, 0.15) is 13.2 Å². The molecule has 2 rings (SSSR count). The molecule has 112 valence electrons. The minimum atomic E-state index is -2.42. The number of alkyl halides is 3. The van der Waals surface area contributed by atoms with E-state index in [9.17, 15) is 13.2 Å². The summed E-state index contributed by atoms with van der Waals surface area (Å²) in [4.78, 5) is 0. The summed E-state index contributed by atoms with van der Waals surface area (Å²) in [6.07, 6.45) is 3.94. The third-order valence-electron chi connectivity index (χ3n) is 2.46. The van der Waals surface area contributed by atoms with Crippen molar-refractivity contribution in [1.29, 1.82) is 0 Å². The summed E-state index contributed by atoms with van der Waals surface area (Å²) in [5.41, 5.74) is 1.54. The van der Waals surface area contributed by atoms with E-state index in [0.29, 0.717) is 6.54 Å². The SMILES string of the molecule is Cl.FCCn1cc(NCc2cnn(CC(F)F)c2)cn1. The lowest BCUT2D eigenvalue weighted by Crippen LogP contribution is -2.06. The lowest BCUT2D eigenvalue weighted by atomic mass is 10.3. The smallest absolute Gasteiger partial charge is 0.257 e. The first-order chi connectivity index (χ1) is 9.17. The fourth-order valence-electron chi connectivity index (χ4n) is 1.61. The van der Waals surface area contributed by atoms with Gasteiger partial charge in [-0.2, -0.15) is 10.2 Å². The molecule has 5 nitrogen and oxygen atoms in total. The van der Waals surface area contributed by atoms with Crippen LogP contribution >= 0.6 is 12.4 Å². The van der Waals surface area contributed by atoms with E-state index in [1.807, 2.05) is 0 Å². The van der Waals surface area contributed by atoms with E-state index < -0.39 is 19.6 Å². The van der Waals surface area contributed by atoms with Crippen LogP contribution in [0.3, 0.4) is 0 Å². The van der Waals surface area contributed by atoms with Crippen LogP contribution in [0.4, 0.5) is 18.9 Å². The van der Waals surface area contributed by atoms with E-state index >= 15 is 0 Å². The second-order valence-corrected chi connectivity index (χ2v) is 4.00. The fraction of sp³-hybridized carbons (Fsp3) is 0.455. The number of anilines is 1. The predicted octanol–water partition coefficient (Wildman–Crippen LogP) is 2.35. The number of aryl methyl sites for hydroxylation is 1. The first-order valence-corrected chi connectivity index (χ1v) is 5.79. The first kappa shape index (κ1) is 16.4. The lowest BCUT2D eigenvalue weighted by molar-refractivity contribution is 0.122. The molecule has 0 spiro atoms. The van der Waals surface area contributed by atoms with Gasteiger partial charge in [-0.15, -0.1) is 12.4 Å². The summed E-state index contributed by atoms with van der Waals surface area (Å²) in [7, 11) is 0. The van der Waals surface area contributed by atoms with Crippen molar-refractivity contribution in [3.05, 3.63) is 30.4 Å². The van der Waals surface area contributed by atoms with Crippen LogP contribution in [0.2, 0.25) is 0 Å². The summed E-state index contributed by atoms with van der Waals surface area (Å²) in [5, 5.41) is 10.8. The molecule has 9 heteroatoms. The van der Waals surface area contributed by atoms with Gasteiger partial charge in [-0.3, -0.25) is 9.36 Å². The summed E-state index contributed by atoms with van der Waals surface area (Å²) >= 11 is 0. The van der Waals surface area contributed by atoms with Crippen LogP contribution in [0.5, 0.6) is 0 Å². The Morgan fingerprint density at radius 3 is 2.60 bits per heavy atom. The highest BCUT2D eigenvalue weighted by molar-refractivity contribution is 5.85. The van der Waals surface area contributed by atoms with Crippen LogP contribution in [0, 0.1) is 0 Å². The highest BCUT2D eigenvalue weighted by Gasteiger charge is 2.06. The maximum Gasteiger partial charge on any atom is 0.257 e. The molecule has 0 aromatic carbocycles. The molecule has 2 aromatic heterocycles. The van der Waals surface area contributed by atoms with E-state index in [4.69, 9.17) is 0 Å². The van der Waals surface area contributed by atoms with Crippen LogP contribution in [-0.4, -0.2) is 32.7 Å². The largest absolute Gasteiger partial charge is 0.378 e. The Kier molecular flexibility index (Phi) is 6.37. The third kappa shape index (κ3) is 4.76.